The lowest BCUT2D eigenvalue weighted by atomic mass is 10.1. The number of para-hydroxylation sites is 1. The number of nitrogens with one attached hydrogen (secondary N) is 2. The van der Waals surface area contributed by atoms with Gasteiger partial charge in [0.1, 0.15) is 11.4 Å². The molecule has 7 heteroatoms. The maximum absolute atomic E-state index is 12.1. The SMILES string of the molecule is Cn1cncc1C(=O)NCc1c(C(=O)O)[nH]c2ccccc12. The van der Waals surface area contributed by atoms with Crippen molar-refractivity contribution in [2.24, 2.45) is 7.05 Å². The Morgan fingerprint density at radius 2 is 2.14 bits per heavy atom. The van der Waals surface area contributed by atoms with Gasteiger partial charge in [-0.2, -0.15) is 0 Å². The number of hydrogen-bond acceptors (Lipinski definition) is 3. The standard InChI is InChI=1S/C15H14N4O3/c1-19-8-16-7-12(19)14(20)17-6-10-9-4-2-3-5-11(9)18-13(10)15(21)22/h2-5,7-8,18H,6H2,1H3,(H,17,20)(H,21,22). The maximum Gasteiger partial charge on any atom is 0.352 e. The molecule has 0 bridgehead atoms. The minimum atomic E-state index is -1.05. The van der Waals surface area contributed by atoms with Crippen LogP contribution in [0.1, 0.15) is 26.5 Å². The highest BCUT2D eigenvalue weighted by Gasteiger charge is 2.18. The fourth-order valence-electron chi connectivity index (χ4n) is 2.40. The Morgan fingerprint density at radius 3 is 2.82 bits per heavy atom. The summed E-state index contributed by atoms with van der Waals surface area (Å²) in [6, 6.07) is 7.27. The van der Waals surface area contributed by atoms with Crippen molar-refractivity contribution in [2.45, 2.75) is 6.54 Å². The van der Waals surface area contributed by atoms with E-state index in [0.29, 0.717) is 11.3 Å². The van der Waals surface area contributed by atoms with Gasteiger partial charge >= 0.3 is 5.97 Å². The predicted molar refractivity (Wildman–Crippen MR) is 79.6 cm³/mol. The van der Waals surface area contributed by atoms with E-state index >= 15 is 0 Å². The van der Waals surface area contributed by atoms with Gasteiger partial charge in [0.2, 0.25) is 0 Å². The minimum absolute atomic E-state index is 0.0894. The number of imidazole rings is 1. The fourth-order valence-corrected chi connectivity index (χ4v) is 2.40. The summed E-state index contributed by atoms with van der Waals surface area (Å²) in [6.07, 6.45) is 2.99. The second kappa shape index (κ2) is 5.36. The molecule has 0 aliphatic heterocycles. The third-order valence-electron chi connectivity index (χ3n) is 3.50. The number of hydrogen-bond donors (Lipinski definition) is 3. The van der Waals surface area contributed by atoms with Crippen LogP contribution < -0.4 is 5.32 Å². The number of nitrogens with zero attached hydrogens (tertiary/aromatic N) is 2. The van der Waals surface area contributed by atoms with E-state index in [9.17, 15) is 14.7 Å². The van der Waals surface area contributed by atoms with E-state index in [2.05, 4.69) is 15.3 Å². The average molecular weight is 298 g/mol. The summed E-state index contributed by atoms with van der Waals surface area (Å²) in [5, 5.41) is 12.8. The summed E-state index contributed by atoms with van der Waals surface area (Å²) in [7, 11) is 1.72. The van der Waals surface area contributed by atoms with Gasteiger partial charge in [0.25, 0.3) is 5.91 Å². The Balaban J connectivity index is 1.90. The van der Waals surface area contributed by atoms with Crippen LogP contribution in [0.4, 0.5) is 0 Å². The number of rotatable bonds is 4. The molecule has 0 aliphatic rings. The molecule has 0 atom stereocenters. The topological polar surface area (TPSA) is 100 Å². The molecular formula is C15H14N4O3. The molecular weight excluding hydrogens is 284 g/mol. The number of aryl methyl sites for hydroxylation is 1. The molecule has 1 amide bonds. The average Bonchev–Trinajstić information content (AvgIpc) is 3.08. The first-order chi connectivity index (χ1) is 10.6. The van der Waals surface area contributed by atoms with E-state index in [1.54, 1.807) is 17.7 Å². The maximum atomic E-state index is 12.1. The number of aromatic carboxylic acids is 1. The number of carbonyl (C=O) groups excluding carboxylic acids is 1. The molecule has 3 rings (SSSR count). The van der Waals surface area contributed by atoms with Crippen molar-refractivity contribution in [1.29, 1.82) is 0 Å². The minimum Gasteiger partial charge on any atom is -0.477 e. The van der Waals surface area contributed by atoms with Crippen molar-refractivity contribution in [1.82, 2.24) is 19.9 Å². The van der Waals surface area contributed by atoms with Crippen molar-refractivity contribution < 1.29 is 14.7 Å². The number of carboxylic acid groups (broad SMARTS) is 1. The van der Waals surface area contributed by atoms with Gasteiger partial charge in [-0.1, -0.05) is 18.2 Å². The molecule has 0 saturated heterocycles. The largest absolute Gasteiger partial charge is 0.477 e. The first-order valence-corrected chi connectivity index (χ1v) is 6.65. The van der Waals surface area contributed by atoms with Gasteiger partial charge in [0.15, 0.2) is 0 Å². The second-order valence-corrected chi connectivity index (χ2v) is 4.90. The number of H-pyrrole nitrogens is 1. The molecule has 0 radical (unpaired) electrons. The van der Waals surface area contributed by atoms with Crippen LogP contribution in [-0.2, 0) is 13.6 Å². The summed E-state index contributed by atoms with van der Waals surface area (Å²) in [5.41, 5.74) is 1.78. The number of carboxylic acids is 1. The molecule has 0 fully saturated rings. The van der Waals surface area contributed by atoms with E-state index in [4.69, 9.17) is 0 Å². The van der Waals surface area contributed by atoms with Crippen LogP contribution in [0.2, 0.25) is 0 Å². The molecule has 1 aromatic carbocycles. The Labute approximate surface area is 125 Å². The summed E-state index contributed by atoms with van der Waals surface area (Å²) < 4.78 is 1.60. The van der Waals surface area contributed by atoms with Gasteiger partial charge in [-0.25, -0.2) is 9.78 Å². The zero-order valence-electron chi connectivity index (χ0n) is 11.8. The van der Waals surface area contributed by atoms with E-state index in [-0.39, 0.29) is 18.1 Å². The van der Waals surface area contributed by atoms with Gasteiger partial charge in [-0.15, -0.1) is 0 Å². The summed E-state index contributed by atoms with van der Waals surface area (Å²) in [6.45, 7) is 0.121. The first-order valence-electron chi connectivity index (χ1n) is 6.65. The first kappa shape index (κ1) is 13.9. The van der Waals surface area contributed by atoms with Crippen LogP contribution in [0.15, 0.2) is 36.8 Å². The van der Waals surface area contributed by atoms with Gasteiger partial charge in [-0.05, 0) is 6.07 Å². The number of carbonyl (C=O) groups is 2. The van der Waals surface area contributed by atoms with E-state index in [1.165, 1.54) is 12.5 Å². The van der Waals surface area contributed by atoms with E-state index in [0.717, 1.165) is 10.9 Å². The van der Waals surface area contributed by atoms with Crippen molar-refractivity contribution in [3.63, 3.8) is 0 Å². The Hall–Kier alpha value is -3.09. The molecule has 2 heterocycles. The van der Waals surface area contributed by atoms with Gasteiger partial charge < -0.3 is 20.0 Å². The number of benzene rings is 1. The van der Waals surface area contributed by atoms with Crippen LogP contribution in [0.25, 0.3) is 10.9 Å². The van der Waals surface area contributed by atoms with Gasteiger partial charge in [-0.3, -0.25) is 4.79 Å². The number of aromatic nitrogens is 3. The van der Waals surface area contributed by atoms with Crippen LogP contribution in [0.3, 0.4) is 0 Å². The summed E-state index contributed by atoms with van der Waals surface area (Å²) >= 11 is 0. The highest BCUT2D eigenvalue weighted by molar-refractivity contribution is 5.98. The summed E-state index contributed by atoms with van der Waals surface area (Å²) in [5.74, 6) is -1.36. The molecule has 0 aliphatic carbocycles. The van der Waals surface area contributed by atoms with Crippen molar-refractivity contribution in [3.8, 4) is 0 Å². The second-order valence-electron chi connectivity index (χ2n) is 4.90. The molecule has 112 valence electrons. The van der Waals surface area contributed by atoms with Crippen LogP contribution in [0.5, 0.6) is 0 Å². The monoisotopic (exact) mass is 298 g/mol. The van der Waals surface area contributed by atoms with E-state index in [1.807, 2.05) is 18.2 Å². The molecule has 22 heavy (non-hydrogen) atoms. The Bertz CT molecular complexity index is 863. The third-order valence-corrected chi connectivity index (χ3v) is 3.50. The quantitative estimate of drug-likeness (QED) is 0.680. The van der Waals surface area contributed by atoms with Crippen LogP contribution in [0, 0.1) is 0 Å². The van der Waals surface area contributed by atoms with Crippen molar-refractivity contribution >= 4 is 22.8 Å². The number of fused-ring (bicyclic) bond motifs is 1. The highest BCUT2D eigenvalue weighted by atomic mass is 16.4. The zero-order chi connectivity index (χ0) is 15.7. The number of aromatic amines is 1. The highest BCUT2D eigenvalue weighted by Crippen LogP contribution is 2.22. The lowest BCUT2D eigenvalue weighted by Crippen LogP contribution is -2.25. The molecule has 0 spiro atoms. The molecule has 0 saturated carbocycles. The zero-order valence-corrected chi connectivity index (χ0v) is 11.8. The predicted octanol–water partition coefficient (Wildman–Crippen LogP) is 1.53. The molecule has 7 nitrogen and oxygen atoms in total. The molecule has 2 aromatic heterocycles. The number of amides is 1. The lowest BCUT2D eigenvalue weighted by molar-refractivity contribution is 0.0689. The van der Waals surface area contributed by atoms with Crippen molar-refractivity contribution in [2.75, 3.05) is 0 Å². The van der Waals surface area contributed by atoms with Crippen LogP contribution >= 0.6 is 0 Å². The Kier molecular flexibility index (Phi) is 3.38. The molecule has 3 aromatic rings. The van der Waals surface area contributed by atoms with E-state index < -0.39 is 5.97 Å². The van der Waals surface area contributed by atoms with Gasteiger partial charge in [0.05, 0.1) is 12.5 Å². The summed E-state index contributed by atoms with van der Waals surface area (Å²) in [4.78, 5) is 30.2. The Morgan fingerprint density at radius 1 is 1.36 bits per heavy atom. The third kappa shape index (κ3) is 2.32. The fraction of sp³-hybridized carbons (Fsp3) is 0.133. The lowest BCUT2D eigenvalue weighted by Gasteiger charge is -2.06. The van der Waals surface area contributed by atoms with Crippen molar-refractivity contribution in [3.05, 3.63) is 53.7 Å². The molecule has 3 N–H and O–H groups in total. The van der Waals surface area contributed by atoms with Gasteiger partial charge in [0, 0.05) is 30.1 Å². The smallest absolute Gasteiger partial charge is 0.352 e. The normalized spacial score (nSPS) is 10.8. The van der Waals surface area contributed by atoms with Crippen LogP contribution in [-0.4, -0.2) is 31.5 Å². The molecule has 0 unspecified atom stereocenters.